The molecule has 28 heavy (non-hydrogen) atoms. The van der Waals surface area contributed by atoms with Gasteiger partial charge in [-0.05, 0) is 35.9 Å². The summed E-state index contributed by atoms with van der Waals surface area (Å²) in [5.41, 5.74) is 5.61. The monoisotopic (exact) mass is 403 g/mol. The highest BCUT2D eigenvalue weighted by Gasteiger charge is 2.28. The van der Waals surface area contributed by atoms with Crippen LogP contribution in [-0.4, -0.2) is 38.7 Å². The quantitative estimate of drug-likeness (QED) is 0.673. The predicted octanol–water partition coefficient (Wildman–Crippen LogP) is 1.04. The second kappa shape index (κ2) is 8.65. The fourth-order valence-electron chi connectivity index (χ4n) is 2.59. The van der Waals surface area contributed by atoms with E-state index in [-0.39, 0.29) is 22.6 Å². The van der Waals surface area contributed by atoms with Gasteiger partial charge in [0, 0.05) is 12.6 Å². The van der Waals surface area contributed by atoms with Crippen LogP contribution < -0.4 is 10.5 Å². The standard InChI is InChI=1S/C19H18FN3O4S/c1-3-10-22-28(26,27)16-9-5-7-14(12-16)19(25)23(2)17(18(21)24)13-6-4-8-15(20)11-13/h1,4-9,11-12,17,22H,10H2,2H3,(H2,21,24). The number of nitrogens with two attached hydrogens (primary N) is 1. The van der Waals surface area contributed by atoms with Crippen molar-refractivity contribution >= 4 is 21.8 Å². The number of terminal acetylenes is 1. The molecule has 0 heterocycles. The first-order valence-corrected chi connectivity index (χ1v) is 9.51. The smallest absolute Gasteiger partial charge is 0.254 e. The van der Waals surface area contributed by atoms with Crippen LogP contribution in [0.5, 0.6) is 0 Å². The molecule has 7 nitrogen and oxygen atoms in total. The lowest BCUT2D eigenvalue weighted by Gasteiger charge is -2.26. The van der Waals surface area contributed by atoms with Gasteiger partial charge in [-0.25, -0.2) is 12.8 Å². The molecule has 0 bridgehead atoms. The summed E-state index contributed by atoms with van der Waals surface area (Å²) in [5.74, 6) is 0.0410. The minimum Gasteiger partial charge on any atom is -0.368 e. The average Bonchev–Trinajstić information content (AvgIpc) is 2.65. The number of rotatable bonds is 7. The molecular weight excluding hydrogens is 385 g/mol. The maximum atomic E-state index is 13.5. The Labute approximate surface area is 162 Å². The Hall–Kier alpha value is -3.22. The van der Waals surface area contributed by atoms with Gasteiger partial charge in [0.15, 0.2) is 0 Å². The van der Waals surface area contributed by atoms with Gasteiger partial charge < -0.3 is 10.6 Å². The van der Waals surface area contributed by atoms with Crippen molar-refractivity contribution < 1.29 is 22.4 Å². The molecule has 1 atom stereocenters. The molecule has 0 aliphatic carbocycles. The third-order valence-corrected chi connectivity index (χ3v) is 5.30. The van der Waals surface area contributed by atoms with Crippen LogP contribution in [0.15, 0.2) is 53.4 Å². The summed E-state index contributed by atoms with van der Waals surface area (Å²) in [6.45, 7) is -0.205. The van der Waals surface area contributed by atoms with Crippen LogP contribution in [0.1, 0.15) is 22.0 Å². The summed E-state index contributed by atoms with van der Waals surface area (Å²) in [6, 6.07) is 9.15. The number of hydrogen-bond acceptors (Lipinski definition) is 4. The van der Waals surface area contributed by atoms with Crippen molar-refractivity contribution in [1.29, 1.82) is 0 Å². The number of amides is 2. The number of carbonyl (C=O) groups excluding carboxylic acids is 2. The lowest BCUT2D eigenvalue weighted by atomic mass is 10.0. The Balaban J connectivity index is 2.38. The van der Waals surface area contributed by atoms with E-state index in [4.69, 9.17) is 12.2 Å². The Morgan fingerprint density at radius 2 is 1.93 bits per heavy atom. The Bertz CT molecular complexity index is 1050. The molecule has 0 fully saturated rings. The second-order valence-corrected chi connectivity index (χ2v) is 7.60. The fourth-order valence-corrected chi connectivity index (χ4v) is 3.57. The number of carbonyl (C=O) groups is 2. The van der Waals surface area contributed by atoms with Gasteiger partial charge in [0.1, 0.15) is 11.9 Å². The van der Waals surface area contributed by atoms with Gasteiger partial charge in [0.25, 0.3) is 5.91 Å². The molecule has 2 aromatic rings. The zero-order valence-corrected chi connectivity index (χ0v) is 15.7. The van der Waals surface area contributed by atoms with Crippen LogP contribution in [0.3, 0.4) is 0 Å². The lowest BCUT2D eigenvalue weighted by molar-refractivity contribution is -0.122. The number of sulfonamides is 1. The van der Waals surface area contributed by atoms with Crippen molar-refractivity contribution in [3.63, 3.8) is 0 Å². The van der Waals surface area contributed by atoms with Crippen LogP contribution in [0.4, 0.5) is 4.39 Å². The highest BCUT2D eigenvalue weighted by Crippen LogP contribution is 2.23. The van der Waals surface area contributed by atoms with Crippen LogP contribution >= 0.6 is 0 Å². The second-order valence-electron chi connectivity index (χ2n) is 5.83. The Morgan fingerprint density at radius 1 is 1.25 bits per heavy atom. The number of hydrogen-bond donors (Lipinski definition) is 2. The Morgan fingerprint density at radius 3 is 2.54 bits per heavy atom. The van der Waals surface area contributed by atoms with Gasteiger partial charge in [-0.1, -0.05) is 24.1 Å². The molecule has 0 aliphatic heterocycles. The van der Waals surface area contributed by atoms with Crippen molar-refractivity contribution in [3.8, 4) is 12.3 Å². The minimum atomic E-state index is -3.90. The van der Waals surface area contributed by atoms with Gasteiger partial charge in [-0.2, -0.15) is 4.72 Å². The number of halogens is 1. The first-order valence-electron chi connectivity index (χ1n) is 8.02. The van der Waals surface area contributed by atoms with Crippen LogP contribution in [0.2, 0.25) is 0 Å². The largest absolute Gasteiger partial charge is 0.368 e. The van der Waals surface area contributed by atoms with Crippen molar-refractivity contribution in [1.82, 2.24) is 9.62 Å². The van der Waals surface area contributed by atoms with Gasteiger partial charge in [-0.3, -0.25) is 9.59 Å². The maximum Gasteiger partial charge on any atom is 0.254 e. The number of primary amides is 1. The van der Waals surface area contributed by atoms with E-state index in [9.17, 15) is 22.4 Å². The van der Waals surface area contributed by atoms with E-state index in [0.717, 1.165) is 17.0 Å². The fraction of sp³-hybridized carbons (Fsp3) is 0.158. The van der Waals surface area contributed by atoms with Gasteiger partial charge in [0.05, 0.1) is 11.4 Å². The van der Waals surface area contributed by atoms with Crippen molar-refractivity contribution in [2.24, 2.45) is 5.73 Å². The molecule has 3 N–H and O–H groups in total. The first kappa shape index (κ1) is 21.1. The average molecular weight is 403 g/mol. The zero-order chi connectivity index (χ0) is 20.9. The maximum absolute atomic E-state index is 13.5. The summed E-state index contributed by atoms with van der Waals surface area (Å²) in [5, 5.41) is 0. The van der Waals surface area contributed by atoms with Gasteiger partial charge >= 0.3 is 0 Å². The lowest BCUT2D eigenvalue weighted by Crippen LogP contribution is -2.39. The summed E-state index contributed by atoms with van der Waals surface area (Å²) >= 11 is 0. The van der Waals surface area contributed by atoms with E-state index in [2.05, 4.69) is 10.6 Å². The van der Waals surface area contributed by atoms with E-state index in [1.54, 1.807) is 0 Å². The number of nitrogens with one attached hydrogen (secondary N) is 1. The first-order chi connectivity index (χ1) is 13.2. The molecule has 0 saturated heterocycles. The van der Waals surface area contributed by atoms with Crippen LogP contribution in [0, 0.1) is 18.2 Å². The van der Waals surface area contributed by atoms with Crippen molar-refractivity contribution in [3.05, 3.63) is 65.5 Å². The molecule has 146 valence electrons. The molecule has 2 rings (SSSR count). The molecule has 2 amide bonds. The van der Waals surface area contributed by atoms with Crippen molar-refractivity contribution in [2.45, 2.75) is 10.9 Å². The summed E-state index contributed by atoms with van der Waals surface area (Å²) in [7, 11) is -2.58. The molecule has 0 aromatic heterocycles. The molecule has 0 saturated carbocycles. The number of nitrogens with zero attached hydrogens (tertiary/aromatic N) is 1. The van der Waals surface area contributed by atoms with E-state index in [1.807, 2.05) is 0 Å². The molecule has 0 radical (unpaired) electrons. The zero-order valence-electron chi connectivity index (χ0n) is 14.9. The normalized spacial score (nSPS) is 12.0. The third-order valence-electron chi connectivity index (χ3n) is 3.90. The highest BCUT2D eigenvalue weighted by atomic mass is 32.2. The Kier molecular flexibility index (Phi) is 6.51. The third kappa shape index (κ3) is 4.73. The predicted molar refractivity (Wildman–Crippen MR) is 101 cm³/mol. The SMILES string of the molecule is C#CCNS(=O)(=O)c1cccc(C(=O)N(C)C(C(N)=O)c2cccc(F)c2)c1. The molecule has 1 unspecified atom stereocenters. The molecule has 2 aromatic carbocycles. The summed E-state index contributed by atoms with van der Waals surface area (Å²) < 4.78 is 40.1. The molecular formula is C19H18FN3O4S. The minimum absolute atomic E-state index is 0.00809. The number of benzene rings is 2. The van der Waals surface area contributed by atoms with Gasteiger partial charge in [0.2, 0.25) is 15.9 Å². The van der Waals surface area contributed by atoms with E-state index >= 15 is 0 Å². The molecule has 9 heteroatoms. The number of likely N-dealkylation sites (N-methyl/N-ethyl adjacent to an activating group) is 1. The van der Waals surface area contributed by atoms with Crippen LogP contribution in [0.25, 0.3) is 0 Å². The van der Waals surface area contributed by atoms with E-state index in [1.165, 1.54) is 43.4 Å². The van der Waals surface area contributed by atoms with Gasteiger partial charge in [-0.15, -0.1) is 6.42 Å². The van der Waals surface area contributed by atoms with E-state index in [0.29, 0.717) is 0 Å². The topological polar surface area (TPSA) is 110 Å². The van der Waals surface area contributed by atoms with Crippen molar-refractivity contribution in [2.75, 3.05) is 13.6 Å². The van der Waals surface area contributed by atoms with E-state index < -0.39 is 33.7 Å². The van der Waals surface area contributed by atoms with Crippen LogP contribution in [-0.2, 0) is 14.8 Å². The molecule has 0 aliphatic rings. The summed E-state index contributed by atoms with van der Waals surface area (Å²) in [6.07, 6.45) is 5.05. The molecule has 0 spiro atoms. The highest BCUT2D eigenvalue weighted by molar-refractivity contribution is 7.89. The summed E-state index contributed by atoms with van der Waals surface area (Å²) in [4.78, 5) is 25.6.